The molecule has 0 atom stereocenters. The van der Waals surface area contributed by atoms with E-state index in [-0.39, 0.29) is 12.1 Å². The molecule has 1 aliphatic heterocycles. The number of piperidine rings is 1. The summed E-state index contributed by atoms with van der Waals surface area (Å²) in [6, 6.07) is 3.49. The number of nitrogens with zero attached hydrogens (tertiary/aromatic N) is 2. The van der Waals surface area contributed by atoms with E-state index in [2.05, 4.69) is 15.0 Å². The van der Waals surface area contributed by atoms with Gasteiger partial charge in [0.1, 0.15) is 0 Å². The molecule has 1 saturated heterocycles. The second-order valence-corrected chi connectivity index (χ2v) is 11.2. The number of hydrogen-bond acceptors (Lipinski definition) is 5. The maximum absolute atomic E-state index is 12.6. The average molecular weight is 411 g/mol. The molecule has 27 heavy (non-hydrogen) atoms. The number of fused-ring (bicyclic) bond motifs is 1. The number of hydrogen-bond donors (Lipinski definition) is 2. The van der Waals surface area contributed by atoms with Crippen molar-refractivity contribution in [3.63, 3.8) is 0 Å². The predicted octanol–water partition coefficient (Wildman–Crippen LogP) is 3.32. The molecule has 3 rings (SSSR count). The highest BCUT2D eigenvalue weighted by molar-refractivity contribution is 7.90. The Hall–Kier alpha value is -1.71. The van der Waals surface area contributed by atoms with Gasteiger partial charge in [-0.15, -0.1) is 11.3 Å². The smallest absolute Gasteiger partial charge is 0.321 e. The standard InChI is InChI=1S/C18H26N4O3S2/c1-12-14(5-6-15-16(12)26-11-19-15)20-17(23)22-9-7-13(8-10-22)21-27(24,25)18(2,3)4/h5-6,11,13,21H,7-10H2,1-4H3,(H,20,23). The zero-order chi connectivity index (χ0) is 19.8. The van der Waals surface area contributed by atoms with E-state index < -0.39 is 14.8 Å². The van der Waals surface area contributed by atoms with E-state index in [1.165, 1.54) is 0 Å². The minimum Gasteiger partial charge on any atom is -0.324 e. The normalized spacial score (nSPS) is 16.7. The average Bonchev–Trinajstić information content (AvgIpc) is 3.06. The van der Waals surface area contributed by atoms with Gasteiger partial charge in [0.2, 0.25) is 10.0 Å². The van der Waals surface area contributed by atoms with E-state index in [4.69, 9.17) is 0 Å². The molecule has 1 aromatic heterocycles. The molecule has 1 aromatic carbocycles. The molecule has 9 heteroatoms. The van der Waals surface area contributed by atoms with Gasteiger partial charge in [-0.3, -0.25) is 0 Å². The Morgan fingerprint density at radius 1 is 1.26 bits per heavy atom. The van der Waals surface area contributed by atoms with E-state index in [9.17, 15) is 13.2 Å². The van der Waals surface area contributed by atoms with Crippen molar-refractivity contribution in [1.82, 2.24) is 14.6 Å². The van der Waals surface area contributed by atoms with Crippen LogP contribution in [-0.4, -0.2) is 48.2 Å². The van der Waals surface area contributed by atoms with Crippen LogP contribution in [0.3, 0.4) is 0 Å². The van der Waals surface area contributed by atoms with Gasteiger partial charge in [0.25, 0.3) is 0 Å². The molecular formula is C18H26N4O3S2. The fourth-order valence-electron chi connectivity index (χ4n) is 2.99. The SMILES string of the molecule is Cc1c(NC(=O)N2CCC(NS(=O)(=O)C(C)(C)C)CC2)ccc2ncsc12. The number of rotatable bonds is 3. The van der Waals surface area contributed by atoms with Crippen molar-refractivity contribution in [2.45, 2.75) is 51.3 Å². The lowest BCUT2D eigenvalue weighted by Gasteiger charge is -2.33. The summed E-state index contributed by atoms with van der Waals surface area (Å²) in [4.78, 5) is 18.6. The highest BCUT2D eigenvalue weighted by Gasteiger charge is 2.33. The summed E-state index contributed by atoms with van der Waals surface area (Å²) in [5.74, 6) is 0. The second kappa shape index (κ2) is 7.37. The van der Waals surface area contributed by atoms with Crippen molar-refractivity contribution in [3.8, 4) is 0 Å². The number of amides is 2. The van der Waals surface area contributed by atoms with Crippen LogP contribution in [-0.2, 0) is 10.0 Å². The number of likely N-dealkylation sites (tertiary alicyclic amines) is 1. The van der Waals surface area contributed by atoms with Crippen LogP contribution < -0.4 is 10.0 Å². The lowest BCUT2D eigenvalue weighted by molar-refractivity contribution is 0.193. The van der Waals surface area contributed by atoms with Crippen molar-refractivity contribution >= 4 is 43.3 Å². The number of aryl methyl sites for hydroxylation is 1. The lowest BCUT2D eigenvalue weighted by atomic mass is 10.1. The van der Waals surface area contributed by atoms with Crippen LogP contribution in [0.15, 0.2) is 17.6 Å². The number of aromatic nitrogens is 1. The Labute approximate surface area is 164 Å². The van der Waals surface area contributed by atoms with Gasteiger partial charge in [0.15, 0.2) is 0 Å². The van der Waals surface area contributed by atoms with Crippen molar-refractivity contribution in [1.29, 1.82) is 0 Å². The zero-order valence-electron chi connectivity index (χ0n) is 16.1. The van der Waals surface area contributed by atoms with Crippen molar-refractivity contribution in [3.05, 3.63) is 23.2 Å². The molecule has 2 N–H and O–H groups in total. The number of thiazole rings is 1. The molecule has 0 unspecified atom stereocenters. The molecule has 1 fully saturated rings. The summed E-state index contributed by atoms with van der Waals surface area (Å²) in [6.45, 7) is 8.06. The quantitative estimate of drug-likeness (QED) is 0.812. The van der Waals surface area contributed by atoms with Crippen LogP contribution in [0.2, 0.25) is 0 Å². The van der Waals surface area contributed by atoms with Gasteiger partial charge in [0.05, 0.1) is 20.5 Å². The molecule has 2 aromatic rings. The Bertz CT molecular complexity index is 939. The third-order valence-corrected chi connectivity index (χ3v) is 8.12. The molecule has 0 radical (unpaired) electrons. The van der Waals surface area contributed by atoms with Gasteiger partial charge in [0, 0.05) is 24.8 Å². The van der Waals surface area contributed by atoms with E-state index in [1.54, 1.807) is 42.5 Å². The third-order valence-electron chi connectivity index (χ3n) is 4.90. The van der Waals surface area contributed by atoms with Crippen molar-refractivity contribution < 1.29 is 13.2 Å². The summed E-state index contributed by atoms with van der Waals surface area (Å²) in [5, 5.41) is 2.98. The molecule has 0 aliphatic carbocycles. The maximum atomic E-state index is 12.6. The monoisotopic (exact) mass is 410 g/mol. The molecule has 0 saturated carbocycles. The Kier molecular flexibility index (Phi) is 5.47. The highest BCUT2D eigenvalue weighted by Crippen LogP contribution is 2.28. The predicted molar refractivity (Wildman–Crippen MR) is 110 cm³/mol. The first-order valence-electron chi connectivity index (χ1n) is 8.99. The van der Waals surface area contributed by atoms with E-state index in [0.29, 0.717) is 25.9 Å². The van der Waals surface area contributed by atoms with Crippen LogP contribution in [0.1, 0.15) is 39.2 Å². The maximum Gasteiger partial charge on any atom is 0.321 e. The number of carbonyl (C=O) groups is 1. The number of anilines is 1. The van der Waals surface area contributed by atoms with Gasteiger partial charge < -0.3 is 10.2 Å². The van der Waals surface area contributed by atoms with Gasteiger partial charge in [-0.05, 0) is 58.2 Å². The minimum absolute atomic E-state index is 0.131. The van der Waals surface area contributed by atoms with E-state index in [1.807, 2.05) is 19.1 Å². The van der Waals surface area contributed by atoms with Crippen LogP contribution in [0.5, 0.6) is 0 Å². The summed E-state index contributed by atoms with van der Waals surface area (Å²) >= 11 is 1.56. The minimum atomic E-state index is -3.38. The molecular weight excluding hydrogens is 384 g/mol. The topological polar surface area (TPSA) is 91.4 Å². The van der Waals surface area contributed by atoms with Crippen LogP contribution >= 0.6 is 11.3 Å². The number of urea groups is 1. The largest absolute Gasteiger partial charge is 0.324 e. The molecule has 148 valence electrons. The number of carbonyl (C=O) groups excluding carboxylic acids is 1. The molecule has 0 spiro atoms. The second-order valence-electron chi connectivity index (χ2n) is 7.86. The number of nitrogens with one attached hydrogen (secondary N) is 2. The lowest BCUT2D eigenvalue weighted by Crippen LogP contribution is -2.50. The van der Waals surface area contributed by atoms with Crippen LogP contribution in [0.4, 0.5) is 10.5 Å². The Morgan fingerprint density at radius 3 is 2.56 bits per heavy atom. The summed E-state index contributed by atoms with van der Waals surface area (Å²) in [6.07, 6.45) is 1.21. The van der Waals surface area contributed by atoms with Gasteiger partial charge in [-0.1, -0.05) is 0 Å². The molecule has 7 nitrogen and oxygen atoms in total. The van der Waals surface area contributed by atoms with E-state index in [0.717, 1.165) is 21.5 Å². The number of sulfonamides is 1. The fraction of sp³-hybridized carbons (Fsp3) is 0.556. The van der Waals surface area contributed by atoms with Crippen molar-refractivity contribution in [2.75, 3.05) is 18.4 Å². The Morgan fingerprint density at radius 2 is 1.93 bits per heavy atom. The van der Waals surface area contributed by atoms with Gasteiger partial charge in [-0.2, -0.15) is 0 Å². The third kappa shape index (κ3) is 4.25. The Balaban J connectivity index is 1.59. The first-order chi connectivity index (χ1) is 12.6. The highest BCUT2D eigenvalue weighted by atomic mass is 32.2. The van der Waals surface area contributed by atoms with Crippen molar-refractivity contribution in [2.24, 2.45) is 0 Å². The van der Waals surface area contributed by atoms with Gasteiger partial charge in [-0.25, -0.2) is 22.9 Å². The summed E-state index contributed by atoms with van der Waals surface area (Å²) in [5.41, 5.74) is 4.53. The van der Waals surface area contributed by atoms with Crippen LogP contribution in [0, 0.1) is 6.92 Å². The molecule has 2 amide bonds. The summed E-state index contributed by atoms with van der Waals surface area (Å²) in [7, 11) is -3.38. The first kappa shape index (κ1) is 20.0. The molecule has 0 bridgehead atoms. The van der Waals surface area contributed by atoms with Crippen LogP contribution in [0.25, 0.3) is 10.2 Å². The summed E-state index contributed by atoms with van der Waals surface area (Å²) < 4.78 is 27.6. The molecule has 1 aliphatic rings. The van der Waals surface area contributed by atoms with Gasteiger partial charge >= 0.3 is 6.03 Å². The first-order valence-corrected chi connectivity index (χ1v) is 11.4. The van der Waals surface area contributed by atoms with E-state index >= 15 is 0 Å². The zero-order valence-corrected chi connectivity index (χ0v) is 17.7. The fourth-order valence-corrected chi connectivity index (χ4v) is 4.82. The molecule has 2 heterocycles. The number of benzene rings is 1.